The number of aliphatic hydroxyl groups excluding tert-OH is 1. The molecule has 1 aromatic rings. The van der Waals surface area contributed by atoms with Gasteiger partial charge in [-0.2, -0.15) is 0 Å². The topological polar surface area (TPSA) is 23.5 Å². The average Bonchev–Trinajstić information content (AvgIpc) is 2.31. The highest BCUT2D eigenvalue weighted by molar-refractivity contribution is 6.30. The number of nitrogens with zero attached hydrogens (tertiary/aromatic N) is 1. The van der Waals surface area contributed by atoms with Crippen LogP contribution >= 0.6 is 11.6 Å². The first-order valence-electron chi connectivity index (χ1n) is 5.87. The minimum atomic E-state index is -0.323. The smallest absolute Gasteiger partial charge is 0.146 e. The highest BCUT2D eigenvalue weighted by Gasteiger charge is 2.08. The van der Waals surface area contributed by atoms with Crippen molar-refractivity contribution in [2.24, 2.45) is 0 Å². The molecule has 0 aromatic heterocycles. The SMILES string of the molecule is CN(CCCCCO)Cc1cccc(Cl)c1F. The number of hydrogen-bond donors (Lipinski definition) is 1. The normalized spacial score (nSPS) is 11.1. The zero-order valence-corrected chi connectivity index (χ0v) is 10.9. The van der Waals surface area contributed by atoms with Gasteiger partial charge in [0, 0.05) is 18.7 Å². The fraction of sp³-hybridized carbons (Fsp3) is 0.538. The van der Waals surface area contributed by atoms with Crippen molar-refractivity contribution in [1.82, 2.24) is 4.90 Å². The molecule has 17 heavy (non-hydrogen) atoms. The van der Waals surface area contributed by atoms with Gasteiger partial charge in [-0.3, -0.25) is 0 Å². The first-order chi connectivity index (χ1) is 8.15. The van der Waals surface area contributed by atoms with E-state index in [1.165, 1.54) is 0 Å². The van der Waals surface area contributed by atoms with Crippen molar-refractivity contribution in [3.63, 3.8) is 0 Å². The maximum Gasteiger partial charge on any atom is 0.146 e. The number of halogens is 2. The number of unbranched alkanes of at least 4 members (excludes halogenated alkanes) is 2. The summed E-state index contributed by atoms with van der Waals surface area (Å²) in [6, 6.07) is 5.08. The number of rotatable bonds is 7. The molecule has 96 valence electrons. The minimum Gasteiger partial charge on any atom is -0.396 e. The largest absolute Gasteiger partial charge is 0.396 e. The van der Waals surface area contributed by atoms with E-state index >= 15 is 0 Å². The van der Waals surface area contributed by atoms with Gasteiger partial charge in [0.25, 0.3) is 0 Å². The molecule has 0 spiro atoms. The second-order valence-corrected chi connectivity index (χ2v) is 4.64. The number of benzene rings is 1. The molecule has 0 heterocycles. The Balaban J connectivity index is 2.39. The Kier molecular flexibility index (Phi) is 6.48. The van der Waals surface area contributed by atoms with E-state index in [-0.39, 0.29) is 17.4 Å². The Hall–Kier alpha value is -0.640. The van der Waals surface area contributed by atoms with Crippen LogP contribution in [0.1, 0.15) is 24.8 Å². The van der Waals surface area contributed by atoms with Crippen LogP contribution in [0, 0.1) is 5.82 Å². The predicted molar refractivity (Wildman–Crippen MR) is 68.7 cm³/mol. The van der Waals surface area contributed by atoms with E-state index in [4.69, 9.17) is 16.7 Å². The molecule has 1 rings (SSSR count). The van der Waals surface area contributed by atoms with Crippen LogP contribution in [0.3, 0.4) is 0 Å². The Labute approximate surface area is 107 Å². The van der Waals surface area contributed by atoms with Gasteiger partial charge in [-0.25, -0.2) is 4.39 Å². The second-order valence-electron chi connectivity index (χ2n) is 4.23. The van der Waals surface area contributed by atoms with Crippen molar-refractivity contribution in [2.75, 3.05) is 20.2 Å². The standard InChI is InChI=1S/C13H19ClFNO/c1-16(8-3-2-4-9-17)10-11-6-5-7-12(14)13(11)15/h5-7,17H,2-4,8-10H2,1H3. The molecule has 0 aliphatic rings. The first-order valence-corrected chi connectivity index (χ1v) is 6.25. The molecule has 1 aromatic carbocycles. The van der Waals surface area contributed by atoms with E-state index < -0.39 is 0 Å². The molecule has 0 radical (unpaired) electrons. The van der Waals surface area contributed by atoms with Crippen molar-refractivity contribution < 1.29 is 9.50 Å². The summed E-state index contributed by atoms with van der Waals surface area (Å²) in [6.07, 6.45) is 2.84. The molecule has 0 saturated heterocycles. The lowest BCUT2D eigenvalue weighted by atomic mass is 10.2. The van der Waals surface area contributed by atoms with Crippen molar-refractivity contribution in [3.8, 4) is 0 Å². The summed E-state index contributed by atoms with van der Waals surface area (Å²) in [5.74, 6) is -0.323. The third-order valence-corrected chi connectivity index (χ3v) is 2.96. The summed E-state index contributed by atoms with van der Waals surface area (Å²) in [6.45, 7) is 1.70. The van der Waals surface area contributed by atoms with Gasteiger partial charge in [-0.15, -0.1) is 0 Å². The van der Waals surface area contributed by atoms with Crippen LogP contribution in [0.2, 0.25) is 5.02 Å². The monoisotopic (exact) mass is 259 g/mol. The van der Waals surface area contributed by atoms with E-state index in [0.29, 0.717) is 12.1 Å². The van der Waals surface area contributed by atoms with Crippen LogP contribution in [-0.2, 0) is 6.54 Å². The van der Waals surface area contributed by atoms with Gasteiger partial charge in [0.15, 0.2) is 0 Å². The molecule has 1 N–H and O–H groups in total. The van der Waals surface area contributed by atoms with Gasteiger partial charge >= 0.3 is 0 Å². The van der Waals surface area contributed by atoms with E-state index in [2.05, 4.69) is 4.90 Å². The molecule has 2 nitrogen and oxygen atoms in total. The van der Waals surface area contributed by atoms with Gasteiger partial charge in [0.2, 0.25) is 0 Å². The van der Waals surface area contributed by atoms with Crippen LogP contribution in [-0.4, -0.2) is 30.2 Å². The fourth-order valence-corrected chi connectivity index (χ4v) is 1.90. The third-order valence-electron chi connectivity index (χ3n) is 2.67. The lowest BCUT2D eigenvalue weighted by Crippen LogP contribution is -2.19. The Bertz CT molecular complexity index is 346. The maximum atomic E-state index is 13.6. The zero-order valence-electron chi connectivity index (χ0n) is 10.1. The molecule has 0 bridgehead atoms. The summed E-state index contributed by atoms with van der Waals surface area (Å²) < 4.78 is 13.6. The summed E-state index contributed by atoms with van der Waals surface area (Å²) in [7, 11) is 1.96. The quantitative estimate of drug-likeness (QED) is 0.761. The van der Waals surface area contributed by atoms with Crippen LogP contribution < -0.4 is 0 Å². The van der Waals surface area contributed by atoms with Crippen molar-refractivity contribution in [1.29, 1.82) is 0 Å². The second kappa shape index (κ2) is 7.64. The highest BCUT2D eigenvalue weighted by Crippen LogP contribution is 2.18. The molecular formula is C13H19ClFNO. The lowest BCUT2D eigenvalue weighted by molar-refractivity contribution is 0.270. The molecular weight excluding hydrogens is 241 g/mol. The van der Waals surface area contributed by atoms with Crippen LogP contribution in [0.4, 0.5) is 4.39 Å². The number of aliphatic hydroxyl groups is 1. The molecule has 0 amide bonds. The van der Waals surface area contributed by atoms with Crippen LogP contribution in [0.15, 0.2) is 18.2 Å². The Morgan fingerprint density at radius 1 is 1.29 bits per heavy atom. The number of hydrogen-bond acceptors (Lipinski definition) is 2. The van der Waals surface area contributed by atoms with E-state index in [1.54, 1.807) is 18.2 Å². The molecule has 4 heteroatoms. The van der Waals surface area contributed by atoms with Gasteiger partial charge in [-0.1, -0.05) is 23.7 Å². The maximum absolute atomic E-state index is 13.6. The van der Waals surface area contributed by atoms with Gasteiger partial charge in [-0.05, 0) is 38.9 Å². The Morgan fingerprint density at radius 2 is 2.06 bits per heavy atom. The molecule has 0 atom stereocenters. The van der Waals surface area contributed by atoms with E-state index in [9.17, 15) is 4.39 Å². The summed E-state index contributed by atoms with van der Waals surface area (Å²) in [5.41, 5.74) is 0.627. The van der Waals surface area contributed by atoms with E-state index in [0.717, 1.165) is 25.8 Å². The van der Waals surface area contributed by atoms with Gasteiger partial charge in [0.1, 0.15) is 5.82 Å². The molecule has 0 aliphatic heterocycles. The van der Waals surface area contributed by atoms with Gasteiger partial charge in [0.05, 0.1) is 5.02 Å². The summed E-state index contributed by atoms with van der Waals surface area (Å²) in [4.78, 5) is 2.06. The first kappa shape index (κ1) is 14.4. The third kappa shape index (κ3) is 5.02. The minimum absolute atomic E-state index is 0.177. The van der Waals surface area contributed by atoms with Crippen molar-refractivity contribution >= 4 is 11.6 Å². The average molecular weight is 260 g/mol. The lowest BCUT2D eigenvalue weighted by Gasteiger charge is -2.17. The van der Waals surface area contributed by atoms with Crippen molar-refractivity contribution in [2.45, 2.75) is 25.8 Å². The van der Waals surface area contributed by atoms with Crippen LogP contribution in [0.25, 0.3) is 0 Å². The van der Waals surface area contributed by atoms with E-state index in [1.807, 2.05) is 7.05 Å². The molecule has 0 saturated carbocycles. The Morgan fingerprint density at radius 3 is 2.76 bits per heavy atom. The van der Waals surface area contributed by atoms with Crippen molar-refractivity contribution in [3.05, 3.63) is 34.6 Å². The highest BCUT2D eigenvalue weighted by atomic mass is 35.5. The summed E-state index contributed by atoms with van der Waals surface area (Å²) >= 11 is 5.72. The summed E-state index contributed by atoms with van der Waals surface area (Å²) in [5, 5.41) is 8.83. The molecule has 0 unspecified atom stereocenters. The molecule has 0 fully saturated rings. The predicted octanol–water partition coefficient (Wildman–Crippen LogP) is 3.07. The molecule has 0 aliphatic carbocycles. The fourth-order valence-electron chi connectivity index (χ4n) is 1.71. The van der Waals surface area contributed by atoms with Gasteiger partial charge < -0.3 is 10.0 Å². The van der Waals surface area contributed by atoms with Crippen LogP contribution in [0.5, 0.6) is 0 Å². The zero-order chi connectivity index (χ0) is 12.7.